The standard InChI is InChI=1S/C10H20O2/c1-4-5-9-10(12-9)8(11)6-7(2)3/h7-11H,4-6H2,1-3H3/t8-,9+,10+/m0/s1. The highest BCUT2D eigenvalue weighted by Crippen LogP contribution is 2.31. The monoisotopic (exact) mass is 172 g/mol. The lowest BCUT2D eigenvalue weighted by Crippen LogP contribution is -2.19. The summed E-state index contributed by atoms with van der Waals surface area (Å²) in [5.41, 5.74) is 0. The number of rotatable bonds is 5. The second kappa shape index (κ2) is 4.24. The van der Waals surface area contributed by atoms with Gasteiger partial charge in [0.2, 0.25) is 0 Å². The molecule has 0 aromatic heterocycles. The summed E-state index contributed by atoms with van der Waals surface area (Å²) in [5, 5.41) is 9.63. The van der Waals surface area contributed by atoms with E-state index >= 15 is 0 Å². The minimum Gasteiger partial charge on any atom is -0.390 e. The number of ether oxygens (including phenoxy) is 1. The van der Waals surface area contributed by atoms with Crippen molar-refractivity contribution in [3.63, 3.8) is 0 Å². The molecule has 1 aliphatic rings. The Morgan fingerprint density at radius 1 is 1.42 bits per heavy atom. The maximum absolute atomic E-state index is 9.63. The topological polar surface area (TPSA) is 32.8 Å². The summed E-state index contributed by atoms with van der Waals surface area (Å²) in [6.07, 6.45) is 3.37. The quantitative estimate of drug-likeness (QED) is 0.643. The molecule has 0 amide bonds. The van der Waals surface area contributed by atoms with Crippen molar-refractivity contribution < 1.29 is 9.84 Å². The predicted molar refractivity (Wildman–Crippen MR) is 49.0 cm³/mol. The molecule has 0 radical (unpaired) electrons. The van der Waals surface area contributed by atoms with Crippen LogP contribution in [0.3, 0.4) is 0 Å². The van der Waals surface area contributed by atoms with Crippen molar-refractivity contribution in [3.05, 3.63) is 0 Å². The molecule has 0 bridgehead atoms. The van der Waals surface area contributed by atoms with Crippen LogP contribution in [-0.4, -0.2) is 23.4 Å². The molecular formula is C10H20O2. The molecule has 1 N–H and O–H groups in total. The van der Waals surface area contributed by atoms with E-state index in [0.29, 0.717) is 12.0 Å². The Bertz CT molecular complexity index is 134. The molecule has 1 heterocycles. The summed E-state index contributed by atoms with van der Waals surface area (Å²) in [4.78, 5) is 0. The lowest BCUT2D eigenvalue weighted by Gasteiger charge is -2.09. The first-order valence-corrected chi connectivity index (χ1v) is 4.98. The van der Waals surface area contributed by atoms with Crippen molar-refractivity contribution in [1.29, 1.82) is 0 Å². The molecule has 1 aliphatic heterocycles. The summed E-state index contributed by atoms with van der Waals surface area (Å²) in [5.74, 6) is 0.562. The molecular weight excluding hydrogens is 152 g/mol. The van der Waals surface area contributed by atoms with Gasteiger partial charge in [0.25, 0.3) is 0 Å². The second-order valence-electron chi connectivity index (χ2n) is 4.12. The van der Waals surface area contributed by atoms with Crippen LogP contribution >= 0.6 is 0 Å². The van der Waals surface area contributed by atoms with Crippen LogP contribution in [0.15, 0.2) is 0 Å². The summed E-state index contributed by atoms with van der Waals surface area (Å²) >= 11 is 0. The zero-order chi connectivity index (χ0) is 9.14. The van der Waals surface area contributed by atoms with Gasteiger partial charge in [0.15, 0.2) is 0 Å². The van der Waals surface area contributed by atoms with Gasteiger partial charge in [-0.25, -0.2) is 0 Å². The molecule has 0 spiro atoms. The zero-order valence-electron chi connectivity index (χ0n) is 8.29. The van der Waals surface area contributed by atoms with Crippen LogP contribution in [0, 0.1) is 5.92 Å². The first-order chi connectivity index (χ1) is 5.65. The first-order valence-electron chi connectivity index (χ1n) is 4.98. The summed E-state index contributed by atoms with van der Waals surface area (Å²) < 4.78 is 5.37. The largest absolute Gasteiger partial charge is 0.390 e. The number of aliphatic hydroxyl groups is 1. The normalized spacial score (nSPS) is 30.8. The SMILES string of the molecule is CCC[C@H]1O[C@@H]1[C@@H](O)CC(C)C. The van der Waals surface area contributed by atoms with Crippen LogP contribution in [0.1, 0.15) is 40.0 Å². The summed E-state index contributed by atoms with van der Waals surface area (Å²) in [6.45, 7) is 6.40. The van der Waals surface area contributed by atoms with Gasteiger partial charge in [-0.05, 0) is 18.8 Å². The van der Waals surface area contributed by atoms with Crippen LogP contribution in [0.2, 0.25) is 0 Å². The van der Waals surface area contributed by atoms with Crippen molar-refractivity contribution in [1.82, 2.24) is 0 Å². The minimum atomic E-state index is -0.235. The lowest BCUT2D eigenvalue weighted by atomic mass is 10.0. The van der Waals surface area contributed by atoms with Gasteiger partial charge in [0, 0.05) is 0 Å². The fourth-order valence-electron chi connectivity index (χ4n) is 1.63. The maximum Gasteiger partial charge on any atom is 0.110 e. The number of hydrogen-bond acceptors (Lipinski definition) is 2. The number of epoxide rings is 1. The van der Waals surface area contributed by atoms with Gasteiger partial charge >= 0.3 is 0 Å². The number of aliphatic hydroxyl groups excluding tert-OH is 1. The fourth-order valence-corrected chi connectivity index (χ4v) is 1.63. The van der Waals surface area contributed by atoms with Gasteiger partial charge in [-0.2, -0.15) is 0 Å². The van der Waals surface area contributed by atoms with Crippen molar-refractivity contribution in [3.8, 4) is 0 Å². The van der Waals surface area contributed by atoms with E-state index in [9.17, 15) is 5.11 Å². The molecule has 1 saturated heterocycles. The van der Waals surface area contributed by atoms with Crippen LogP contribution in [0.4, 0.5) is 0 Å². The van der Waals surface area contributed by atoms with Crippen LogP contribution in [0.25, 0.3) is 0 Å². The van der Waals surface area contributed by atoms with E-state index in [2.05, 4.69) is 20.8 Å². The lowest BCUT2D eigenvalue weighted by molar-refractivity contribution is 0.113. The zero-order valence-corrected chi connectivity index (χ0v) is 8.29. The Morgan fingerprint density at radius 2 is 2.08 bits per heavy atom. The Hall–Kier alpha value is -0.0800. The molecule has 0 saturated carbocycles. The summed E-state index contributed by atoms with van der Waals surface area (Å²) in [7, 11) is 0. The Balaban J connectivity index is 2.14. The van der Waals surface area contributed by atoms with Gasteiger partial charge in [-0.15, -0.1) is 0 Å². The third-order valence-electron chi connectivity index (χ3n) is 2.29. The molecule has 3 atom stereocenters. The molecule has 1 rings (SSSR count). The highest BCUT2D eigenvalue weighted by atomic mass is 16.6. The highest BCUT2D eigenvalue weighted by molar-refractivity contribution is 4.90. The van der Waals surface area contributed by atoms with Crippen LogP contribution in [0.5, 0.6) is 0 Å². The van der Waals surface area contributed by atoms with Gasteiger partial charge in [-0.3, -0.25) is 0 Å². The second-order valence-corrected chi connectivity index (χ2v) is 4.12. The maximum atomic E-state index is 9.63. The molecule has 2 heteroatoms. The van der Waals surface area contributed by atoms with Gasteiger partial charge in [0.1, 0.15) is 6.10 Å². The predicted octanol–water partition coefficient (Wildman–Crippen LogP) is 1.96. The third-order valence-corrected chi connectivity index (χ3v) is 2.29. The van der Waals surface area contributed by atoms with Gasteiger partial charge in [0.05, 0.1) is 12.2 Å². The Morgan fingerprint density at radius 3 is 2.58 bits per heavy atom. The molecule has 0 aromatic rings. The van der Waals surface area contributed by atoms with Crippen molar-refractivity contribution >= 4 is 0 Å². The van der Waals surface area contributed by atoms with E-state index in [0.717, 1.165) is 19.3 Å². The molecule has 0 aromatic carbocycles. The Kier molecular flexibility index (Phi) is 3.53. The van der Waals surface area contributed by atoms with Crippen molar-refractivity contribution in [2.75, 3.05) is 0 Å². The molecule has 1 fully saturated rings. The number of hydrogen-bond donors (Lipinski definition) is 1. The van der Waals surface area contributed by atoms with E-state index in [4.69, 9.17) is 4.74 Å². The fraction of sp³-hybridized carbons (Fsp3) is 1.00. The van der Waals surface area contributed by atoms with Crippen LogP contribution in [-0.2, 0) is 4.74 Å². The average Bonchev–Trinajstić information content (AvgIpc) is 2.66. The average molecular weight is 172 g/mol. The molecule has 72 valence electrons. The van der Waals surface area contributed by atoms with E-state index in [1.165, 1.54) is 0 Å². The van der Waals surface area contributed by atoms with E-state index in [-0.39, 0.29) is 12.2 Å². The van der Waals surface area contributed by atoms with Gasteiger partial charge in [-0.1, -0.05) is 27.2 Å². The molecule has 0 aliphatic carbocycles. The minimum absolute atomic E-state index is 0.146. The first kappa shape index (κ1) is 10.0. The van der Waals surface area contributed by atoms with Gasteiger partial charge < -0.3 is 9.84 Å². The Labute approximate surface area is 74.9 Å². The smallest absolute Gasteiger partial charge is 0.110 e. The van der Waals surface area contributed by atoms with E-state index in [1.54, 1.807) is 0 Å². The van der Waals surface area contributed by atoms with Crippen molar-refractivity contribution in [2.24, 2.45) is 5.92 Å². The summed E-state index contributed by atoms with van der Waals surface area (Å²) in [6, 6.07) is 0. The van der Waals surface area contributed by atoms with Crippen molar-refractivity contribution in [2.45, 2.75) is 58.3 Å². The third kappa shape index (κ3) is 2.76. The van der Waals surface area contributed by atoms with Crippen LogP contribution < -0.4 is 0 Å². The molecule has 2 nitrogen and oxygen atoms in total. The highest BCUT2D eigenvalue weighted by Gasteiger charge is 2.43. The molecule has 12 heavy (non-hydrogen) atoms. The van der Waals surface area contributed by atoms with E-state index < -0.39 is 0 Å². The van der Waals surface area contributed by atoms with E-state index in [1.807, 2.05) is 0 Å². The molecule has 0 unspecified atom stereocenters.